The summed E-state index contributed by atoms with van der Waals surface area (Å²) >= 11 is 1.73. The number of amides is 1. The van der Waals surface area contributed by atoms with E-state index in [0.29, 0.717) is 6.54 Å². The zero-order valence-corrected chi connectivity index (χ0v) is 14.4. The summed E-state index contributed by atoms with van der Waals surface area (Å²) in [6.45, 7) is 5.92. The van der Waals surface area contributed by atoms with Crippen LogP contribution in [0, 0.1) is 0 Å². The average molecular weight is 337 g/mol. The molecule has 1 aliphatic rings. The number of carbonyl (C=O) groups is 1. The Balaban J connectivity index is 0.00000176. The van der Waals surface area contributed by atoms with Crippen molar-refractivity contribution in [1.29, 1.82) is 0 Å². The fourth-order valence-corrected chi connectivity index (χ4v) is 3.45. The predicted molar refractivity (Wildman–Crippen MR) is 95.6 cm³/mol. The topological polar surface area (TPSA) is 41.1 Å². The lowest BCUT2D eigenvalue weighted by molar-refractivity contribution is 0.0946. The van der Waals surface area contributed by atoms with Crippen molar-refractivity contribution < 1.29 is 4.79 Å². The van der Waals surface area contributed by atoms with Crippen molar-refractivity contribution in [3.05, 3.63) is 51.7 Å². The predicted octanol–water partition coefficient (Wildman–Crippen LogP) is 3.85. The van der Waals surface area contributed by atoms with E-state index in [0.717, 1.165) is 24.2 Å². The molecule has 0 saturated carbocycles. The normalized spacial score (nSPS) is 13.0. The van der Waals surface area contributed by atoms with Gasteiger partial charge in [0.05, 0.1) is 0 Å². The van der Waals surface area contributed by atoms with Gasteiger partial charge in [-0.3, -0.25) is 4.79 Å². The van der Waals surface area contributed by atoms with E-state index in [1.807, 2.05) is 18.2 Å². The number of rotatable bonds is 4. The van der Waals surface area contributed by atoms with E-state index in [-0.39, 0.29) is 23.7 Å². The van der Waals surface area contributed by atoms with Gasteiger partial charge >= 0.3 is 0 Å². The van der Waals surface area contributed by atoms with Crippen LogP contribution in [0.15, 0.2) is 35.7 Å². The minimum absolute atomic E-state index is 0. The average Bonchev–Trinajstić information content (AvgIpc) is 3.14. The quantitative estimate of drug-likeness (QED) is 0.890. The van der Waals surface area contributed by atoms with Crippen LogP contribution in [0.25, 0.3) is 0 Å². The molecule has 1 amide bonds. The van der Waals surface area contributed by atoms with Gasteiger partial charge in [-0.25, -0.2) is 0 Å². The summed E-state index contributed by atoms with van der Waals surface area (Å²) in [4.78, 5) is 13.6. The summed E-state index contributed by atoms with van der Waals surface area (Å²) in [6.07, 6.45) is 0.997. The maximum Gasteiger partial charge on any atom is 0.251 e. The maximum absolute atomic E-state index is 12.3. The molecule has 1 aromatic heterocycles. The number of halogens is 1. The van der Waals surface area contributed by atoms with Crippen LogP contribution in [0.3, 0.4) is 0 Å². The van der Waals surface area contributed by atoms with Crippen LogP contribution in [0.4, 0.5) is 5.69 Å². The van der Waals surface area contributed by atoms with Gasteiger partial charge in [-0.1, -0.05) is 19.9 Å². The molecule has 0 atom stereocenters. The van der Waals surface area contributed by atoms with Crippen LogP contribution in [-0.4, -0.2) is 19.0 Å². The number of hydrogen-bond acceptors (Lipinski definition) is 3. The SMILES string of the molecule is CC(C)(CNC(=O)c1ccc2c(c1)CCN2)c1cccs1.Cl. The Hall–Kier alpha value is -1.52. The van der Waals surface area contributed by atoms with Crippen molar-refractivity contribution in [1.82, 2.24) is 5.32 Å². The maximum atomic E-state index is 12.3. The van der Waals surface area contributed by atoms with Crippen molar-refractivity contribution in [3.63, 3.8) is 0 Å². The zero-order valence-electron chi connectivity index (χ0n) is 12.8. The molecule has 22 heavy (non-hydrogen) atoms. The lowest BCUT2D eigenvalue weighted by Crippen LogP contribution is -2.36. The number of fused-ring (bicyclic) bond motifs is 1. The second kappa shape index (κ2) is 6.71. The van der Waals surface area contributed by atoms with Crippen molar-refractivity contribution >= 4 is 35.3 Å². The lowest BCUT2D eigenvalue weighted by atomic mass is 9.91. The van der Waals surface area contributed by atoms with Crippen molar-refractivity contribution in [2.24, 2.45) is 0 Å². The molecule has 2 heterocycles. The first-order chi connectivity index (χ1) is 10.1. The summed E-state index contributed by atoms with van der Waals surface area (Å²) in [5, 5.41) is 8.45. The molecule has 0 aliphatic carbocycles. The molecule has 0 fully saturated rings. The molecule has 0 bridgehead atoms. The van der Waals surface area contributed by atoms with E-state index in [1.54, 1.807) is 11.3 Å². The fraction of sp³-hybridized carbons (Fsp3) is 0.353. The molecule has 2 N–H and O–H groups in total. The third-order valence-corrected chi connectivity index (χ3v) is 5.19. The molecule has 118 valence electrons. The van der Waals surface area contributed by atoms with Crippen LogP contribution in [0.1, 0.15) is 34.6 Å². The third-order valence-electron chi connectivity index (χ3n) is 3.96. The van der Waals surface area contributed by atoms with Gasteiger partial charge in [0.1, 0.15) is 0 Å². The van der Waals surface area contributed by atoms with Gasteiger partial charge in [0.15, 0.2) is 0 Å². The van der Waals surface area contributed by atoms with Crippen LogP contribution in [0.2, 0.25) is 0 Å². The van der Waals surface area contributed by atoms with E-state index in [2.05, 4.69) is 42.0 Å². The van der Waals surface area contributed by atoms with Gasteiger partial charge < -0.3 is 10.6 Å². The molecule has 3 rings (SSSR count). The number of hydrogen-bond donors (Lipinski definition) is 2. The molecule has 0 unspecified atom stereocenters. The highest BCUT2D eigenvalue weighted by molar-refractivity contribution is 7.10. The number of thiophene rings is 1. The molecular weight excluding hydrogens is 316 g/mol. The second-order valence-electron chi connectivity index (χ2n) is 6.09. The zero-order chi connectivity index (χ0) is 14.9. The number of anilines is 1. The van der Waals surface area contributed by atoms with Crippen LogP contribution in [0.5, 0.6) is 0 Å². The highest BCUT2D eigenvalue weighted by Gasteiger charge is 2.23. The molecule has 1 aromatic carbocycles. The number of benzene rings is 1. The van der Waals surface area contributed by atoms with Crippen molar-refractivity contribution in [2.75, 3.05) is 18.4 Å². The Labute approximate surface area is 141 Å². The van der Waals surface area contributed by atoms with Crippen molar-refractivity contribution in [3.8, 4) is 0 Å². The smallest absolute Gasteiger partial charge is 0.251 e. The number of nitrogens with one attached hydrogen (secondary N) is 2. The van der Waals surface area contributed by atoms with E-state index in [9.17, 15) is 4.79 Å². The standard InChI is InChI=1S/C17H20N2OS.ClH/c1-17(2,15-4-3-9-21-15)11-19-16(20)13-5-6-14-12(10-13)7-8-18-14;/h3-6,9-10,18H,7-8,11H2,1-2H3,(H,19,20);1H. The minimum Gasteiger partial charge on any atom is -0.384 e. The van der Waals surface area contributed by atoms with Gasteiger partial charge in [-0.05, 0) is 41.6 Å². The molecule has 0 saturated heterocycles. The third kappa shape index (κ3) is 3.45. The summed E-state index contributed by atoms with van der Waals surface area (Å²) in [5.74, 6) is 0.00864. The largest absolute Gasteiger partial charge is 0.384 e. The Kier molecular flexibility index (Phi) is 5.14. The Morgan fingerprint density at radius 3 is 2.91 bits per heavy atom. The first-order valence-electron chi connectivity index (χ1n) is 7.25. The van der Waals surface area contributed by atoms with Gasteiger partial charge in [-0.15, -0.1) is 23.7 Å². The summed E-state index contributed by atoms with van der Waals surface area (Å²) < 4.78 is 0. The minimum atomic E-state index is -0.0396. The van der Waals surface area contributed by atoms with E-state index in [1.165, 1.54) is 10.4 Å². The molecular formula is C17H21ClN2OS. The van der Waals surface area contributed by atoms with Crippen LogP contribution < -0.4 is 10.6 Å². The van der Waals surface area contributed by atoms with Gasteiger partial charge in [0, 0.05) is 34.6 Å². The highest BCUT2D eigenvalue weighted by atomic mass is 35.5. The van der Waals surface area contributed by atoms with E-state index in [4.69, 9.17) is 0 Å². The highest BCUT2D eigenvalue weighted by Crippen LogP contribution is 2.27. The summed E-state index contributed by atoms with van der Waals surface area (Å²) in [6, 6.07) is 10.1. The number of carbonyl (C=O) groups excluding carboxylic acids is 1. The van der Waals surface area contributed by atoms with Gasteiger partial charge in [0.2, 0.25) is 0 Å². The molecule has 2 aromatic rings. The van der Waals surface area contributed by atoms with Crippen LogP contribution >= 0.6 is 23.7 Å². The Morgan fingerprint density at radius 2 is 2.18 bits per heavy atom. The summed E-state index contributed by atoms with van der Waals surface area (Å²) in [7, 11) is 0. The Morgan fingerprint density at radius 1 is 1.36 bits per heavy atom. The molecule has 5 heteroatoms. The molecule has 0 radical (unpaired) electrons. The second-order valence-corrected chi connectivity index (χ2v) is 7.04. The van der Waals surface area contributed by atoms with Crippen LogP contribution in [-0.2, 0) is 11.8 Å². The van der Waals surface area contributed by atoms with Crippen molar-refractivity contribution in [2.45, 2.75) is 25.7 Å². The first kappa shape index (κ1) is 16.8. The van der Waals surface area contributed by atoms with E-state index < -0.39 is 0 Å². The molecule has 0 spiro atoms. The Bertz CT molecular complexity index is 653. The lowest BCUT2D eigenvalue weighted by Gasteiger charge is -2.23. The summed E-state index contributed by atoms with van der Waals surface area (Å²) in [5.41, 5.74) is 3.10. The first-order valence-corrected chi connectivity index (χ1v) is 8.13. The fourth-order valence-electron chi connectivity index (χ4n) is 2.60. The van der Waals surface area contributed by atoms with E-state index >= 15 is 0 Å². The van der Waals surface area contributed by atoms with Gasteiger partial charge in [-0.2, -0.15) is 0 Å². The molecule has 3 nitrogen and oxygen atoms in total. The molecule has 1 aliphatic heterocycles. The van der Waals surface area contributed by atoms with Gasteiger partial charge in [0.25, 0.3) is 5.91 Å². The monoisotopic (exact) mass is 336 g/mol.